The van der Waals surface area contributed by atoms with Gasteiger partial charge in [-0.1, -0.05) is 29.8 Å². The first-order valence-electron chi connectivity index (χ1n) is 6.91. The Morgan fingerprint density at radius 3 is 2.65 bits per heavy atom. The lowest BCUT2D eigenvalue weighted by atomic mass is 10.1. The zero-order valence-corrected chi connectivity index (χ0v) is 13.0. The van der Waals surface area contributed by atoms with Gasteiger partial charge in [0.05, 0.1) is 12.1 Å². The number of nitrogens with one attached hydrogen (secondary N) is 2. The van der Waals surface area contributed by atoms with Gasteiger partial charge in [-0.3, -0.25) is 0 Å². The number of halogens is 1. The van der Waals surface area contributed by atoms with Gasteiger partial charge >= 0.3 is 6.03 Å². The molecule has 1 atom stereocenters. The molecule has 0 aliphatic rings. The van der Waals surface area contributed by atoms with Crippen LogP contribution in [0.25, 0.3) is 0 Å². The molecule has 0 heterocycles. The van der Waals surface area contributed by atoms with E-state index in [0.29, 0.717) is 18.2 Å². The van der Waals surface area contributed by atoms with Crippen LogP contribution in [0.5, 0.6) is 0 Å². The van der Waals surface area contributed by atoms with Gasteiger partial charge in [0.15, 0.2) is 0 Å². The van der Waals surface area contributed by atoms with E-state index in [1.54, 1.807) is 0 Å². The van der Waals surface area contributed by atoms with Gasteiger partial charge in [0.25, 0.3) is 0 Å². The zero-order valence-electron chi connectivity index (χ0n) is 12.3. The predicted octanol–water partition coefficient (Wildman–Crippen LogP) is 3.52. The van der Waals surface area contributed by atoms with Crippen molar-refractivity contribution in [2.45, 2.75) is 39.3 Å². The molecule has 4 nitrogen and oxygen atoms in total. The third kappa shape index (κ3) is 6.26. The average molecular weight is 299 g/mol. The molecule has 5 heteroatoms. The normalized spacial score (nSPS) is 12.2. The molecule has 0 aliphatic carbocycles. The van der Waals surface area contributed by atoms with Gasteiger partial charge < -0.3 is 15.4 Å². The van der Waals surface area contributed by atoms with Crippen LogP contribution in [0.3, 0.4) is 0 Å². The molecule has 0 radical (unpaired) electrons. The maximum Gasteiger partial charge on any atom is 0.315 e. The molecular weight excluding hydrogens is 276 g/mol. The number of benzene rings is 1. The first kappa shape index (κ1) is 16.8. The Kier molecular flexibility index (Phi) is 7.41. The Morgan fingerprint density at radius 1 is 1.30 bits per heavy atom. The number of urea groups is 1. The summed E-state index contributed by atoms with van der Waals surface area (Å²) < 4.78 is 5.40. The fraction of sp³-hybridized carbons (Fsp3) is 0.533. The van der Waals surface area contributed by atoms with Crippen molar-refractivity contribution in [3.05, 3.63) is 34.9 Å². The molecule has 0 saturated carbocycles. The van der Waals surface area contributed by atoms with Gasteiger partial charge in [0.1, 0.15) is 0 Å². The van der Waals surface area contributed by atoms with E-state index < -0.39 is 0 Å². The van der Waals surface area contributed by atoms with Gasteiger partial charge in [-0.25, -0.2) is 4.79 Å². The summed E-state index contributed by atoms with van der Waals surface area (Å²) in [5.74, 6) is 0. The quantitative estimate of drug-likeness (QED) is 0.757. The largest absolute Gasteiger partial charge is 0.379 e. The molecule has 0 spiro atoms. The molecule has 1 aromatic rings. The maximum atomic E-state index is 11.7. The molecule has 2 N–H and O–H groups in total. The third-order valence-corrected chi connectivity index (χ3v) is 3.12. The Hall–Kier alpha value is -1.26. The van der Waals surface area contributed by atoms with E-state index in [9.17, 15) is 4.79 Å². The number of hydrogen-bond donors (Lipinski definition) is 2. The van der Waals surface area contributed by atoms with Crippen molar-refractivity contribution in [3.63, 3.8) is 0 Å². The standard InChI is InChI=1S/C15H23ClN2O2/c1-11(2)20-10-6-9-17-15(19)18-12(3)13-7-4-5-8-14(13)16/h4-5,7-8,11-12H,6,9-10H2,1-3H3,(H2,17,18,19)/t12-/m1/s1. The van der Waals surface area contributed by atoms with Crippen molar-refractivity contribution in [2.75, 3.05) is 13.2 Å². The monoisotopic (exact) mass is 298 g/mol. The van der Waals surface area contributed by atoms with Crippen molar-refractivity contribution < 1.29 is 9.53 Å². The Labute approximate surface area is 125 Å². The predicted molar refractivity (Wildman–Crippen MR) is 82.1 cm³/mol. The van der Waals surface area contributed by atoms with E-state index in [0.717, 1.165) is 12.0 Å². The molecule has 0 saturated heterocycles. The molecule has 1 rings (SSSR count). The molecule has 0 fully saturated rings. The van der Waals surface area contributed by atoms with Crippen LogP contribution in [-0.2, 0) is 4.74 Å². The van der Waals surface area contributed by atoms with E-state index in [1.807, 2.05) is 45.0 Å². The highest BCUT2D eigenvalue weighted by molar-refractivity contribution is 6.31. The summed E-state index contributed by atoms with van der Waals surface area (Å²) in [5.41, 5.74) is 0.910. The molecule has 0 aliphatic heterocycles. The number of carbonyl (C=O) groups is 1. The summed E-state index contributed by atoms with van der Waals surface area (Å²) in [7, 11) is 0. The SMILES string of the molecule is CC(C)OCCCNC(=O)N[C@H](C)c1ccccc1Cl. The maximum absolute atomic E-state index is 11.7. The van der Waals surface area contributed by atoms with Crippen molar-refractivity contribution in [2.24, 2.45) is 0 Å². The summed E-state index contributed by atoms with van der Waals surface area (Å²) in [6.45, 7) is 7.13. The number of carbonyl (C=O) groups excluding carboxylic acids is 1. The fourth-order valence-corrected chi connectivity index (χ4v) is 2.04. The molecule has 2 amide bonds. The Balaban J connectivity index is 2.27. The lowest BCUT2D eigenvalue weighted by Crippen LogP contribution is -2.37. The highest BCUT2D eigenvalue weighted by Crippen LogP contribution is 2.21. The molecule has 0 aromatic heterocycles. The minimum absolute atomic E-state index is 0.129. The number of hydrogen-bond acceptors (Lipinski definition) is 2. The smallest absolute Gasteiger partial charge is 0.315 e. The summed E-state index contributed by atoms with van der Waals surface area (Å²) in [6.07, 6.45) is 1.02. The van der Waals surface area contributed by atoms with Crippen molar-refractivity contribution in [3.8, 4) is 0 Å². The van der Waals surface area contributed by atoms with Crippen LogP contribution >= 0.6 is 11.6 Å². The van der Waals surface area contributed by atoms with Gasteiger partial charge in [-0.15, -0.1) is 0 Å². The van der Waals surface area contributed by atoms with E-state index >= 15 is 0 Å². The van der Waals surface area contributed by atoms with E-state index in [-0.39, 0.29) is 18.2 Å². The van der Waals surface area contributed by atoms with Crippen LogP contribution in [0.4, 0.5) is 4.79 Å². The average Bonchev–Trinajstić information content (AvgIpc) is 2.38. The Bertz CT molecular complexity index is 424. The minimum Gasteiger partial charge on any atom is -0.379 e. The van der Waals surface area contributed by atoms with E-state index in [4.69, 9.17) is 16.3 Å². The Morgan fingerprint density at radius 2 is 2.00 bits per heavy atom. The molecular formula is C15H23ClN2O2. The summed E-state index contributed by atoms with van der Waals surface area (Å²) in [4.78, 5) is 11.7. The van der Waals surface area contributed by atoms with Crippen molar-refractivity contribution in [1.29, 1.82) is 0 Å². The van der Waals surface area contributed by atoms with Gasteiger partial charge in [-0.2, -0.15) is 0 Å². The first-order chi connectivity index (χ1) is 9.50. The fourth-order valence-electron chi connectivity index (χ4n) is 1.74. The lowest BCUT2D eigenvalue weighted by Gasteiger charge is -2.16. The van der Waals surface area contributed by atoms with Crippen LogP contribution in [-0.4, -0.2) is 25.3 Å². The third-order valence-electron chi connectivity index (χ3n) is 2.78. The van der Waals surface area contributed by atoms with E-state index in [1.165, 1.54) is 0 Å². The second-order valence-corrected chi connectivity index (χ2v) is 5.32. The van der Waals surface area contributed by atoms with Gasteiger partial charge in [0.2, 0.25) is 0 Å². The van der Waals surface area contributed by atoms with Crippen molar-refractivity contribution >= 4 is 17.6 Å². The molecule has 20 heavy (non-hydrogen) atoms. The number of amides is 2. The van der Waals surface area contributed by atoms with Crippen LogP contribution in [0, 0.1) is 0 Å². The zero-order chi connectivity index (χ0) is 15.0. The molecule has 0 bridgehead atoms. The highest BCUT2D eigenvalue weighted by atomic mass is 35.5. The first-order valence-corrected chi connectivity index (χ1v) is 7.29. The molecule has 112 valence electrons. The number of rotatable bonds is 7. The summed E-state index contributed by atoms with van der Waals surface area (Å²) >= 11 is 6.09. The second kappa shape index (κ2) is 8.82. The second-order valence-electron chi connectivity index (χ2n) is 4.92. The van der Waals surface area contributed by atoms with Gasteiger partial charge in [0, 0.05) is 18.2 Å². The highest BCUT2D eigenvalue weighted by Gasteiger charge is 2.11. The molecule has 0 unspecified atom stereocenters. The van der Waals surface area contributed by atoms with Crippen molar-refractivity contribution in [1.82, 2.24) is 10.6 Å². The summed E-state index contributed by atoms with van der Waals surface area (Å²) in [5, 5.41) is 6.32. The molecule has 1 aromatic carbocycles. The van der Waals surface area contributed by atoms with Gasteiger partial charge in [-0.05, 0) is 38.8 Å². The van der Waals surface area contributed by atoms with Crippen LogP contribution in [0.1, 0.15) is 38.8 Å². The van der Waals surface area contributed by atoms with Crippen LogP contribution in [0.15, 0.2) is 24.3 Å². The van der Waals surface area contributed by atoms with E-state index in [2.05, 4.69) is 10.6 Å². The topological polar surface area (TPSA) is 50.4 Å². The summed E-state index contributed by atoms with van der Waals surface area (Å²) in [6, 6.07) is 7.17. The van der Waals surface area contributed by atoms with Crippen LogP contribution in [0.2, 0.25) is 5.02 Å². The minimum atomic E-state index is -0.193. The lowest BCUT2D eigenvalue weighted by molar-refractivity contribution is 0.0774. The number of ether oxygens (including phenoxy) is 1. The van der Waals surface area contributed by atoms with Crippen LogP contribution < -0.4 is 10.6 Å².